The first-order valence-corrected chi connectivity index (χ1v) is 9.81. The minimum atomic E-state index is -0.0945. The van der Waals surface area contributed by atoms with Gasteiger partial charge in [0, 0.05) is 29.7 Å². The molecule has 26 heavy (non-hydrogen) atoms. The molecule has 0 unspecified atom stereocenters. The van der Waals surface area contributed by atoms with Crippen LogP contribution >= 0.6 is 34.3 Å². The minimum Gasteiger partial charge on any atom is -0.354 e. The van der Waals surface area contributed by atoms with Gasteiger partial charge in [-0.15, -0.1) is 22.7 Å². The van der Waals surface area contributed by atoms with Gasteiger partial charge >= 0.3 is 0 Å². The minimum absolute atomic E-state index is 0.0945. The maximum atomic E-state index is 11.7. The molecule has 0 saturated carbocycles. The van der Waals surface area contributed by atoms with Crippen LogP contribution in [0, 0.1) is 6.92 Å². The van der Waals surface area contributed by atoms with Crippen LogP contribution in [-0.2, 0) is 0 Å². The van der Waals surface area contributed by atoms with Crippen molar-refractivity contribution in [1.29, 1.82) is 0 Å². The van der Waals surface area contributed by atoms with Crippen molar-refractivity contribution in [1.82, 2.24) is 19.7 Å². The number of halogens is 1. The summed E-state index contributed by atoms with van der Waals surface area (Å²) in [6.45, 7) is 1.96. The van der Waals surface area contributed by atoms with E-state index in [4.69, 9.17) is 11.6 Å². The fraction of sp³-hybridized carbons (Fsp3) is 0.118. The van der Waals surface area contributed by atoms with Crippen molar-refractivity contribution in [3.05, 3.63) is 51.4 Å². The highest BCUT2D eigenvalue weighted by Crippen LogP contribution is 2.32. The Labute approximate surface area is 162 Å². The van der Waals surface area contributed by atoms with Crippen LogP contribution in [0.25, 0.3) is 17.0 Å². The lowest BCUT2D eigenvalue weighted by molar-refractivity contribution is 0.0967. The van der Waals surface area contributed by atoms with Crippen LogP contribution in [0.5, 0.6) is 0 Å². The van der Waals surface area contributed by atoms with Crippen LogP contribution in [0.2, 0.25) is 5.02 Å². The number of nitrogens with one attached hydrogen (secondary N) is 2. The van der Waals surface area contributed by atoms with Gasteiger partial charge in [-0.25, -0.2) is 9.97 Å². The van der Waals surface area contributed by atoms with Gasteiger partial charge in [0.15, 0.2) is 5.13 Å². The lowest BCUT2D eigenvalue weighted by atomic mass is 10.3. The molecule has 0 aliphatic rings. The van der Waals surface area contributed by atoms with Crippen molar-refractivity contribution >= 4 is 56.0 Å². The Balaban J connectivity index is 1.63. The van der Waals surface area contributed by atoms with Gasteiger partial charge in [-0.05, 0) is 25.1 Å². The summed E-state index contributed by atoms with van der Waals surface area (Å²) in [5.74, 6) is -0.0945. The lowest BCUT2D eigenvalue weighted by Gasteiger charge is -2.00. The smallest absolute Gasteiger partial charge is 0.261 e. The first-order chi connectivity index (χ1) is 12.5. The Morgan fingerprint density at radius 1 is 1.27 bits per heavy atom. The summed E-state index contributed by atoms with van der Waals surface area (Å²) >= 11 is 8.94. The number of amides is 1. The highest BCUT2D eigenvalue weighted by molar-refractivity contribution is 7.18. The molecule has 6 nitrogen and oxygen atoms in total. The molecular weight excluding hydrogens is 390 g/mol. The Bertz CT molecular complexity index is 1110. The van der Waals surface area contributed by atoms with Gasteiger partial charge < -0.3 is 10.6 Å². The van der Waals surface area contributed by atoms with Gasteiger partial charge in [0.25, 0.3) is 5.91 Å². The van der Waals surface area contributed by atoms with Crippen molar-refractivity contribution in [2.45, 2.75) is 6.92 Å². The van der Waals surface area contributed by atoms with Crippen molar-refractivity contribution in [3.8, 4) is 11.4 Å². The normalized spacial score (nSPS) is 11.0. The maximum absolute atomic E-state index is 11.7. The quantitative estimate of drug-likeness (QED) is 0.523. The second kappa shape index (κ2) is 6.71. The molecule has 1 amide bonds. The number of pyridine rings is 1. The molecule has 4 aromatic rings. The van der Waals surface area contributed by atoms with E-state index in [9.17, 15) is 4.79 Å². The highest BCUT2D eigenvalue weighted by Gasteiger charge is 2.15. The number of fused-ring (bicyclic) bond motifs is 1. The largest absolute Gasteiger partial charge is 0.354 e. The molecule has 4 rings (SSSR count). The fourth-order valence-corrected chi connectivity index (χ4v) is 4.42. The van der Waals surface area contributed by atoms with Crippen LogP contribution < -0.4 is 10.6 Å². The molecule has 0 spiro atoms. The SMILES string of the molecule is CNC(=O)c1ccc(Nc2nc(-c3c(C)nc4cc(Cl)ccn34)cs2)s1. The Morgan fingerprint density at radius 3 is 2.92 bits per heavy atom. The summed E-state index contributed by atoms with van der Waals surface area (Å²) < 4.78 is 1.98. The number of carbonyl (C=O) groups is 1. The molecular formula is C17H14ClN5OS2. The number of aromatic nitrogens is 3. The summed E-state index contributed by atoms with van der Waals surface area (Å²) in [4.78, 5) is 21.5. The second-order valence-corrected chi connectivity index (χ2v) is 7.90. The Kier molecular flexibility index (Phi) is 4.39. The van der Waals surface area contributed by atoms with Crippen LogP contribution in [0.4, 0.5) is 10.1 Å². The van der Waals surface area contributed by atoms with E-state index in [1.807, 2.05) is 41.1 Å². The van der Waals surface area contributed by atoms with E-state index >= 15 is 0 Å². The Morgan fingerprint density at radius 2 is 2.12 bits per heavy atom. The molecule has 0 atom stereocenters. The molecule has 0 fully saturated rings. The molecule has 4 aromatic heterocycles. The highest BCUT2D eigenvalue weighted by atomic mass is 35.5. The van der Waals surface area contributed by atoms with E-state index in [0.717, 1.165) is 32.9 Å². The van der Waals surface area contributed by atoms with Crippen LogP contribution in [-0.4, -0.2) is 27.3 Å². The molecule has 9 heteroatoms. The average molecular weight is 404 g/mol. The predicted octanol–water partition coefficient (Wildman–Crippen LogP) is 4.58. The zero-order valence-corrected chi connectivity index (χ0v) is 16.3. The number of thiophene rings is 1. The van der Waals surface area contributed by atoms with Gasteiger partial charge in [0.1, 0.15) is 11.3 Å². The van der Waals surface area contributed by atoms with E-state index < -0.39 is 0 Å². The molecule has 0 aromatic carbocycles. The zero-order chi connectivity index (χ0) is 18.3. The van der Waals surface area contributed by atoms with Gasteiger partial charge in [0.05, 0.1) is 21.3 Å². The van der Waals surface area contributed by atoms with Gasteiger partial charge in [-0.3, -0.25) is 9.20 Å². The molecule has 0 bridgehead atoms. The van der Waals surface area contributed by atoms with E-state index in [1.54, 1.807) is 13.1 Å². The topological polar surface area (TPSA) is 71.3 Å². The summed E-state index contributed by atoms with van der Waals surface area (Å²) in [6.07, 6.45) is 1.90. The fourth-order valence-electron chi connectivity index (χ4n) is 2.64. The Hall–Kier alpha value is -2.42. The summed E-state index contributed by atoms with van der Waals surface area (Å²) in [6, 6.07) is 7.32. The van der Waals surface area contributed by atoms with Crippen molar-refractivity contribution < 1.29 is 4.79 Å². The van der Waals surface area contributed by atoms with E-state index in [1.165, 1.54) is 22.7 Å². The molecule has 2 N–H and O–H groups in total. The maximum Gasteiger partial charge on any atom is 0.261 e. The zero-order valence-electron chi connectivity index (χ0n) is 13.9. The predicted molar refractivity (Wildman–Crippen MR) is 107 cm³/mol. The van der Waals surface area contributed by atoms with E-state index in [2.05, 4.69) is 20.6 Å². The van der Waals surface area contributed by atoms with Crippen LogP contribution in [0.3, 0.4) is 0 Å². The number of anilines is 2. The van der Waals surface area contributed by atoms with E-state index in [-0.39, 0.29) is 5.91 Å². The van der Waals surface area contributed by atoms with Gasteiger partial charge in [-0.2, -0.15) is 0 Å². The molecule has 0 aliphatic carbocycles. The van der Waals surface area contributed by atoms with Crippen LogP contribution in [0.1, 0.15) is 15.4 Å². The number of hydrogen-bond acceptors (Lipinski definition) is 6. The van der Waals surface area contributed by atoms with Gasteiger partial charge in [-0.1, -0.05) is 11.6 Å². The number of carbonyl (C=O) groups excluding carboxylic acids is 1. The molecule has 0 saturated heterocycles. The summed E-state index contributed by atoms with van der Waals surface area (Å²) in [5.41, 5.74) is 3.47. The second-order valence-electron chi connectivity index (χ2n) is 5.52. The number of hydrogen-bond donors (Lipinski definition) is 2. The van der Waals surface area contributed by atoms with Crippen LogP contribution in [0.15, 0.2) is 35.8 Å². The molecule has 132 valence electrons. The van der Waals surface area contributed by atoms with E-state index in [0.29, 0.717) is 9.90 Å². The third-order valence-corrected chi connectivity index (χ3v) is 5.79. The summed E-state index contributed by atoms with van der Waals surface area (Å²) in [5, 5.41) is 10.1. The van der Waals surface area contributed by atoms with Gasteiger partial charge in [0.2, 0.25) is 0 Å². The third kappa shape index (κ3) is 3.07. The first kappa shape index (κ1) is 17.0. The number of aryl methyl sites for hydroxylation is 1. The number of imidazole rings is 1. The summed E-state index contributed by atoms with van der Waals surface area (Å²) in [7, 11) is 1.62. The number of nitrogens with zero attached hydrogens (tertiary/aromatic N) is 3. The molecule has 0 aliphatic heterocycles. The standard InChI is InChI=1S/C17H14ClN5OS2/c1-9-15(23-6-5-10(18)7-13(23)20-9)11-8-25-17(21-11)22-14-4-3-12(26-14)16(24)19-2/h3-8H,1-2H3,(H,19,24)(H,21,22). The third-order valence-electron chi connectivity index (χ3n) is 3.80. The van der Waals surface area contributed by atoms with Crippen molar-refractivity contribution in [2.24, 2.45) is 0 Å². The van der Waals surface area contributed by atoms with Crippen molar-refractivity contribution in [2.75, 3.05) is 12.4 Å². The first-order valence-electron chi connectivity index (χ1n) is 7.74. The number of rotatable bonds is 4. The average Bonchev–Trinajstić information content (AvgIpc) is 3.32. The molecule has 4 heterocycles. The monoisotopic (exact) mass is 403 g/mol. The lowest BCUT2D eigenvalue weighted by Crippen LogP contribution is -2.15. The number of thiazole rings is 1. The molecule has 0 radical (unpaired) electrons. The van der Waals surface area contributed by atoms with Crippen molar-refractivity contribution in [3.63, 3.8) is 0 Å².